The summed E-state index contributed by atoms with van der Waals surface area (Å²) in [6, 6.07) is 1.79. The largest absolute Gasteiger partial charge is 0.434 e. The maximum Gasteiger partial charge on any atom is 0.271 e. The monoisotopic (exact) mass is 526 g/mol. The summed E-state index contributed by atoms with van der Waals surface area (Å²) in [5.74, 6) is -4.11. The number of hydrogen-bond acceptors (Lipinski definition) is 8. The molecule has 0 radical (unpaired) electrons. The van der Waals surface area contributed by atoms with Crippen LogP contribution in [0.4, 0.5) is 26.0 Å². The molecule has 200 valence electrons. The third-order valence-corrected chi connectivity index (χ3v) is 6.10. The molecule has 2 amide bonds. The molecule has 1 fully saturated rings. The predicted molar refractivity (Wildman–Crippen MR) is 136 cm³/mol. The first-order chi connectivity index (χ1) is 18.2. The highest BCUT2D eigenvalue weighted by Gasteiger charge is 2.22. The molecular formula is C25H28F2N8O3. The highest BCUT2D eigenvalue weighted by molar-refractivity contribution is 5.99. The van der Waals surface area contributed by atoms with E-state index in [2.05, 4.69) is 44.2 Å². The lowest BCUT2D eigenvalue weighted by Crippen LogP contribution is -2.31. The average molecular weight is 527 g/mol. The number of anilines is 3. The Hall–Kier alpha value is -4.39. The molecule has 3 aromatic rings. The first kappa shape index (κ1) is 26.7. The van der Waals surface area contributed by atoms with Crippen molar-refractivity contribution >= 4 is 29.0 Å². The molecule has 2 aromatic heterocycles. The summed E-state index contributed by atoms with van der Waals surface area (Å²) < 4.78 is 36.3. The zero-order valence-corrected chi connectivity index (χ0v) is 21.0. The molecule has 0 spiro atoms. The smallest absolute Gasteiger partial charge is 0.271 e. The van der Waals surface area contributed by atoms with Crippen LogP contribution in [0.1, 0.15) is 42.0 Å². The fourth-order valence-corrected chi connectivity index (χ4v) is 4.02. The van der Waals surface area contributed by atoms with Crippen molar-refractivity contribution < 1.29 is 23.1 Å². The van der Waals surface area contributed by atoms with Crippen LogP contribution in [-0.4, -0.2) is 56.6 Å². The van der Waals surface area contributed by atoms with Crippen molar-refractivity contribution in [2.75, 3.05) is 30.8 Å². The molecule has 0 aliphatic carbocycles. The number of nitrogens with two attached hydrogens (primary N) is 1. The second-order valence-electron chi connectivity index (χ2n) is 8.82. The van der Waals surface area contributed by atoms with Gasteiger partial charge in [0.2, 0.25) is 11.8 Å². The molecular weight excluding hydrogens is 498 g/mol. The molecule has 11 nitrogen and oxygen atoms in total. The van der Waals surface area contributed by atoms with E-state index in [-0.39, 0.29) is 41.2 Å². The molecule has 4 rings (SSSR count). The van der Waals surface area contributed by atoms with Crippen LogP contribution in [0.5, 0.6) is 11.6 Å². The van der Waals surface area contributed by atoms with Crippen LogP contribution in [0.25, 0.3) is 0 Å². The van der Waals surface area contributed by atoms with E-state index in [1.165, 1.54) is 0 Å². The summed E-state index contributed by atoms with van der Waals surface area (Å²) in [4.78, 5) is 34.7. The number of piperidine rings is 1. The van der Waals surface area contributed by atoms with Crippen LogP contribution in [0, 0.1) is 11.6 Å². The van der Waals surface area contributed by atoms with Crippen LogP contribution in [0.2, 0.25) is 0 Å². The van der Waals surface area contributed by atoms with Crippen molar-refractivity contribution in [2.24, 2.45) is 5.73 Å². The van der Waals surface area contributed by atoms with E-state index >= 15 is 0 Å². The van der Waals surface area contributed by atoms with Gasteiger partial charge in [0, 0.05) is 18.3 Å². The minimum atomic E-state index is -1.03. The Labute approximate surface area is 217 Å². The molecule has 1 aromatic carbocycles. The number of aryl methyl sites for hydroxylation is 1. The Morgan fingerprint density at radius 2 is 1.97 bits per heavy atom. The van der Waals surface area contributed by atoms with Crippen molar-refractivity contribution in [3.8, 4) is 11.6 Å². The Balaban J connectivity index is 1.65. The van der Waals surface area contributed by atoms with Gasteiger partial charge in [-0.05, 0) is 45.5 Å². The number of amides is 2. The number of nitrogens with one attached hydrogen (secondary N) is 2. The second-order valence-corrected chi connectivity index (χ2v) is 8.82. The lowest BCUT2D eigenvalue weighted by molar-refractivity contribution is -0.111. The normalized spacial score (nSPS) is 14.2. The second kappa shape index (κ2) is 11.3. The Bertz CT molecular complexity index is 1370. The molecule has 0 saturated carbocycles. The average Bonchev–Trinajstić information content (AvgIpc) is 3.35. The number of carbonyl (C=O) groups excluding carboxylic acids is 2. The number of ether oxygens (including phenoxy) is 1. The fraction of sp³-hybridized carbons (Fsp3) is 0.320. The molecule has 1 aliphatic heterocycles. The van der Waals surface area contributed by atoms with Gasteiger partial charge in [0.1, 0.15) is 11.5 Å². The Morgan fingerprint density at radius 1 is 1.24 bits per heavy atom. The van der Waals surface area contributed by atoms with E-state index in [4.69, 9.17) is 10.5 Å². The first-order valence-corrected chi connectivity index (χ1v) is 12.0. The zero-order chi connectivity index (χ0) is 27.4. The summed E-state index contributed by atoms with van der Waals surface area (Å²) in [6.07, 6.45) is 6.49. The Kier molecular flexibility index (Phi) is 7.96. The molecule has 0 atom stereocenters. The number of nitrogens with zero attached hydrogens (tertiary/aromatic N) is 5. The topological polar surface area (TPSA) is 140 Å². The quantitative estimate of drug-likeness (QED) is 0.360. The lowest BCUT2D eigenvalue weighted by atomic mass is 10.1. The van der Waals surface area contributed by atoms with E-state index in [0.29, 0.717) is 11.8 Å². The standard InChI is InChI=1S/C25H28F2N8O3/c1-4-18-25(38-20-11-19(31-21(36)5-2)16(26)10-17(20)27)33-24(22(32-18)23(28)37)30-14-12-29-35(13-14)15-6-8-34(3)9-7-15/h5,10-13,15H,2,4,6-9H2,1,3H3,(H2,28,37)(H,30,33)(H,31,36). The molecule has 0 unspecified atom stereocenters. The van der Waals surface area contributed by atoms with Crippen LogP contribution < -0.4 is 21.1 Å². The molecule has 13 heteroatoms. The van der Waals surface area contributed by atoms with Crippen LogP contribution in [0.3, 0.4) is 0 Å². The van der Waals surface area contributed by atoms with Gasteiger partial charge in [-0.2, -0.15) is 10.1 Å². The van der Waals surface area contributed by atoms with Crippen LogP contribution >= 0.6 is 0 Å². The molecule has 1 saturated heterocycles. The highest BCUT2D eigenvalue weighted by atomic mass is 19.1. The van der Waals surface area contributed by atoms with Crippen molar-refractivity contribution in [3.63, 3.8) is 0 Å². The third kappa shape index (κ3) is 5.94. The number of rotatable bonds is 9. The minimum absolute atomic E-state index is 0.0182. The zero-order valence-electron chi connectivity index (χ0n) is 21.0. The van der Waals surface area contributed by atoms with Gasteiger partial charge in [0.05, 0.1) is 23.6 Å². The van der Waals surface area contributed by atoms with Gasteiger partial charge in [-0.3, -0.25) is 14.3 Å². The van der Waals surface area contributed by atoms with E-state index in [0.717, 1.165) is 38.1 Å². The number of halogens is 2. The number of likely N-dealkylation sites (tertiary alicyclic amines) is 1. The fourth-order valence-electron chi connectivity index (χ4n) is 4.02. The highest BCUT2D eigenvalue weighted by Crippen LogP contribution is 2.32. The van der Waals surface area contributed by atoms with Crippen molar-refractivity contribution in [2.45, 2.75) is 32.2 Å². The number of primary amides is 1. The molecule has 4 N–H and O–H groups in total. The van der Waals surface area contributed by atoms with Gasteiger partial charge < -0.3 is 26.0 Å². The van der Waals surface area contributed by atoms with Crippen molar-refractivity contribution in [1.82, 2.24) is 24.6 Å². The maximum atomic E-state index is 14.6. The summed E-state index contributed by atoms with van der Waals surface area (Å²) in [5, 5.41) is 9.67. The number of hydrogen-bond donors (Lipinski definition) is 3. The van der Waals surface area contributed by atoms with Gasteiger partial charge in [-0.1, -0.05) is 13.5 Å². The molecule has 1 aliphatic rings. The molecule has 38 heavy (non-hydrogen) atoms. The van der Waals surface area contributed by atoms with Crippen LogP contribution in [-0.2, 0) is 11.2 Å². The summed E-state index contributed by atoms with van der Waals surface area (Å²) >= 11 is 0. The van der Waals surface area contributed by atoms with Crippen LogP contribution in [0.15, 0.2) is 37.2 Å². The van der Waals surface area contributed by atoms with E-state index in [1.54, 1.807) is 19.3 Å². The van der Waals surface area contributed by atoms with Crippen molar-refractivity contribution in [3.05, 3.63) is 60.2 Å². The number of aromatic nitrogens is 4. The summed E-state index contributed by atoms with van der Waals surface area (Å²) in [6.45, 7) is 6.96. The van der Waals surface area contributed by atoms with E-state index in [1.807, 2.05) is 4.68 Å². The Morgan fingerprint density at radius 3 is 2.63 bits per heavy atom. The van der Waals surface area contributed by atoms with Gasteiger partial charge in [-0.15, -0.1) is 0 Å². The number of carbonyl (C=O) groups is 2. The summed E-state index contributed by atoms with van der Waals surface area (Å²) in [5.41, 5.74) is 5.85. The predicted octanol–water partition coefficient (Wildman–Crippen LogP) is 3.54. The van der Waals surface area contributed by atoms with Gasteiger partial charge >= 0.3 is 0 Å². The third-order valence-electron chi connectivity index (χ3n) is 6.10. The maximum absolute atomic E-state index is 14.6. The lowest BCUT2D eigenvalue weighted by Gasteiger charge is -2.28. The van der Waals surface area contributed by atoms with Gasteiger partial charge in [0.15, 0.2) is 23.1 Å². The van der Waals surface area contributed by atoms with E-state index in [9.17, 15) is 18.4 Å². The van der Waals surface area contributed by atoms with E-state index < -0.39 is 29.2 Å². The SMILES string of the molecule is C=CC(=O)Nc1cc(Oc2nc(Nc3cnn(C4CCN(C)CC4)c3)c(C(N)=O)nc2CC)c(F)cc1F. The van der Waals surface area contributed by atoms with Crippen molar-refractivity contribution in [1.29, 1.82) is 0 Å². The molecule has 3 heterocycles. The van der Waals surface area contributed by atoms with Gasteiger partial charge in [-0.25, -0.2) is 13.8 Å². The minimum Gasteiger partial charge on any atom is -0.434 e. The van der Waals surface area contributed by atoms with Gasteiger partial charge in [0.25, 0.3) is 5.91 Å². The number of benzene rings is 1. The first-order valence-electron chi connectivity index (χ1n) is 12.0. The summed E-state index contributed by atoms with van der Waals surface area (Å²) in [7, 11) is 2.08. The molecule has 0 bridgehead atoms.